The van der Waals surface area contributed by atoms with Gasteiger partial charge >= 0.3 is 5.97 Å². The summed E-state index contributed by atoms with van der Waals surface area (Å²) in [7, 11) is 0. The van der Waals surface area contributed by atoms with Gasteiger partial charge in [0.2, 0.25) is 0 Å². The molecule has 0 spiro atoms. The van der Waals surface area contributed by atoms with Crippen LogP contribution in [0.3, 0.4) is 0 Å². The summed E-state index contributed by atoms with van der Waals surface area (Å²) in [5.74, 6) is 0.0460. The Kier molecular flexibility index (Phi) is 6.99. The van der Waals surface area contributed by atoms with Crippen molar-refractivity contribution in [2.24, 2.45) is 11.0 Å². The van der Waals surface area contributed by atoms with Crippen LogP contribution < -0.4 is 15.5 Å². The Bertz CT molecular complexity index is 606. The number of nitrogens with one attached hydrogen (secondary N) is 2. The van der Waals surface area contributed by atoms with Gasteiger partial charge in [0.1, 0.15) is 5.75 Å². The van der Waals surface area contributed by atoms with E-state index in [1.807, 2.05) is 6.07 Å². The molecular formula is C17H23N3O3S. The number of ether oxygens (including phenoxy) is 1. The van der Waals surface area contributed by atoms with E-state index in [1.165, 1.54) is 19.3 Å². The Labute approximate surface area is 147 Å². The summed E-state index contributed by atoms with van der Waals surface area (Å²) in [6.07, 6.45) is 6.42. The van der Waals surface area contributed by atoms with Gasteiger partial charge < -0.3 is 15.2 Å². The lowest BCUT2D eigenvalue weighted by Crippen LogP contribution is -2.44. The first kappa shape index (κ1) is 18.2. The lowest BCUT2D eigenvalue weighted by molar-refractivity contribution is -0.139. The van der Waals surface area contributed by atoms with Crippen molar-refractivity contribution in [1.82, 2.24) is 10.7 Å². The zero-order valence-electron chi connectivity index (χ0n) is 13.7. The molecule has 1 aliphatic carbocycles. The fourth-order valence-electron chi connectivity index (χ4n) is 2.75. The molecule has 1 aliphatic rings. The van der Waals surface area contributed by atoms with Crippen LogP contribution in [0.1, 0.15) is 38.2 Å². The largest absolute Gasteiger partial charge is 0.481 e. The van der Waals surface area contributed by atoms with Crippen molar-refractivity contribution in [1.29, 1.82) is 0 Å². The Morgan fingerprint density at radius 2 is 2.17 bits per heavy atom. The van der Waals surface area contributed by atoms with E-state index < -0.39 is 12.6 Å². The van der Waals surface area contributed by atoms with Crippen molar-refractivity contribution < 1.29 is 14.6 Å². The maximum Gasteiger partial charge on any atom is 0.341 e. The van der Waals surface area contributed by atoms with Gasteiger partial charge in [0.25, 0.3) is 0 Å². The van der Waals surface area contributed by atoms with E-state index in [-0.39, 0.29) is 0 Å². The van der Waals surface area contributed by atoms with Gasteiger partial charge in [-0.2, -0.15) is 5.10 Å². The van der Waals surface area contributed by atoms with E-state index in [0.29, 0.717) is 28.4 Å². The molecule has 7 heteroatoms. The normalized spacial score (nSPS) is 20.5. The summed E-state index contributed by atoms with van der Waals surface area (Å²) in [5.41, 5.74) is 3.49. The van der Waals surface area contributed by atoms with Crippen LogP contribution in [0.4, 0.5) is 0 Å². The fourth-order valence-corrected chi connectivity index (χ4v) is 2.95. The highest BCUT2D eigenvalue weighted by molar-refractivity contribution is 7.80. The van der Waals surface area contributed by atoms with Crippen LogP contribution in [0.5, 0.6) is 5.75 Å². The molecule has 130 valence electrons. The highest BCUT2D eigenvalue weighted by atomic mass is 32.1. The number of benzene rings is 1. The standard InChI is InChI=1S/C17H23N3O3S/c1-12-6-2-4-8-14(12)19-17(24)20-18-10-13-7-3-5-9-15(13)23-11-16(21)22/h3,5,7,9-10,12,14H,2,4,6,8,11H2,1H3,(H,21,22)(H2,19,20,24)/b18-10-/t12-,14-/m1/s1. The predicted octanol–water partition coefficient (Wildman–Crippen LogP) is 2.53. The van der Waals surface area contributed by atoms with Crippen molar-refractivity contribution in [3.8, 4) is 5.75 Å². The number of thiocarbonyl (C=S) groups is 1. The number of hydrogen-bond acceptors (Lipinski definition) is 4. The van der Waals surface area contributed by atoms with Crippen molar-refractivity contribution in [2.45, 2.75) is 38.6 Å². The first-order valence-electron chi connectivity index (χ1n) is 8.09. The third kappa shape index (κ3) is 5.81. The lowest BCUT2D eigenvalue weighted by Gasteiger charge is -2.30. The number of para-hydroxylation sites is 1. The van der Waals surface area contributed by atoms with Gasteiger partial charge in [-0.25, -0.2) is 4.79 Å². The molecule has 0 bridgehead atoms. The van der Waals surface area contributed by atoms with E-state index in [1.54, 1.807) is 24.4 Å². The van der Waals surface area contributed by atoms with Crippen LogP contribution in [0.25, 0.3) is 0 Å². The molecule has 1 saturated carbocycles. The summed E-state index contributed by atoms with van der Waals surface area (Å²) in [5, 5.41) is 16.6. The Balaban J connectivity index is 1.86. The Morgan fingerprint density at radius 3 is 2.92 bits per heavy atom. The van der Waals surface area contributed by atoms with Crippen LogP contribution in [0, 0.1) is 5.92 Å². The summed E-state index contributed by atoms with van der Waals surface area (Å²) in [6, 6.07) is 7.49. The van der Waals surface area contributed by atoms with Gasteiger partial charge in [-0.15, -0.1) is 0 Å². The third-order valence-corrected chi connectivity index (χ3v) is 4.28. The SMILES string of the molecule is C[C@@H]1CCCC[C@H]1NC(=S)N/N=C\c1ccccc1OCC(=O)O. The first-order valence-corrected chi connectivity index (χ1v) is 8.50. The van der Waals surface area contributed by atoms with Gasteiger partial charge in [-0.3, -0.25) is 5.43 Å². The second kappa shape index (κ2) is 9.22. The number of hydrazone groups is 1. The number of aliphatic carboxylic acids is 1. The summed E-state index contributed by atoms with van der Waals surface area (Å²) < 4.78 is 5.22. The van der Waals surface area contributed by atoms with Gasteiger partial charge in [-0.05, 0) is 43.1 Å². The average Bonchev–Trinajstić information content (AvgIpc) is 2.56. The highest BCUT2D eigenvalue weighted by Crippen LogP contribution is 2.23. The van der Waals surface area contributed by atoms with Crippen LogP contribution in [-0.2, 0) is 4.79 Å². The van der Waals surface area contributed by atoms with Crippen LogP contribution in [0.2, 0.25) is 0 Å². The fraction of sp³-hybridized carbons (Fsp3) is 0.471. The third-order valence-electron chi connectivity index (χ3n) is 4.07. The molecule has 0 unspecified atom stereocenters. The summed E-state index contributed by atoms with van der Waals surface area (Å²) in [4.78, 5) is 10.6. The van der Waals surface area contributed by atoms with E-state index in [2.05, 4.69) is 22.8 Å². The zero-order chi connectivity index (χ0) is 17.4. The van der Waals surface area contributed by atoms with E-state index >= 15 is 0 Å². The van der Waals surface area contributed by atoms with Gasteiger partial charge in [0.15, 0.2) is 11.7 Å². The molecule has 2 atom stereocenters. The van der Waals surface area contributed by atoms with E-state index in [9.17, 15) is 4.79 Å². The maximum atomic E-state index is 10.6. The topological polar surface area (TPSA) is 83.0 Å². The second-order valence-corrected chi connectivity index (χ2v) is 6.34. The molecular weight excluding hydrogens is 326 g/mol. The van der Waals surface area contributed by atoms with Crippen LogP contribution in [-0.4, -0.2) is 35.1 Å². The molecule has 0 aliphatic heterocycles. The van der Waals surface area contributed by atoms with Crippen LogP contribution >= 0.6 is 12.2 Å². The molecule has 0 heterocycles. The minimum atomic E-state index is -1.02. The molecule has 24 heavy (non-hydrogen) atoms. The number of rotatable bonds is 6. The summed E-state index contributed by atoms with van der Waals surface area (Å²) >= 11 is 5.28. The predicted molar refractivity (Wildman–Crippen MR) is 97.5 cm³/mol. The molecule has 0 aromatic heterocycles. The first-order chi connectivity index (χ1) is 11.6. The smallest absolute Gasteiger partial charge is 0.341 e. The number of carboxylic acids is 1. The van der Waals surface area contributed by atoms with Crippen LogP contribution in [0.15, 0.2) is 29.4 Å². The molecule has 0 saturated heterocycles. The minimum absolute atomic E-state index is 0.389. The lowest BCUT2D eigenvalue weighted by atomic mass is 9.86. The van der Waals surface area contributed by atoms with Gasteiger partial charge in [0.05, 0.1) is 6.21 Å². The van der Waals surface area contributed by atoms with Crippen molar-refractivity contribution >= 4 is 29.5 Å². The van der Waals surface area contributed by atoms with Gasteiger partial charge in [-0.1, -0.05) is 31.9 Å². The Morgan fingerprint density at radius 1 is 1.42 bits per heavy atom. The van der Waals surface area contributed by atoms with Crippen molar-refractivity contribution in [3.05, 3.63) is 29.8 Å². The molecule has 0 radical (unpaired) electrons. The maximum absolute atomic E-state index is 10.6. The molecule has 1 aromatic carbocycles. The average molecular weight is 349 g/mol. The molecule has 1 aromatic rings. The number of nitrogens with zero attached hydrogens (tertiary/aromatic N) is 1. The second-order valence-electron chi connectivity index (χ2n) is 5.93. The molecule has 6 nitrogen and oxygen atoms in total. The number of carbonyl (C=O) groups is 1. The molecule has 2 rings (SSSR count). The zero-order valence-corrected chi connectivity index (χ0v) is 14.5. The quantitative estimate of drug-likeness (QED) is 0.416. The van der Waals surface area contributed by atoms with Crippen molar-refractivity contribution in [2.75, 3.05) is 6.61 Å². The van der Waals surface area contributed by atoms with Gasteiger partial charge in [0, 0.05) is 11.6 Å². The van der Waals surface area contributed by atoms with E-state index in [0.717, 1.165) is 6.42 Å². The molecule has 1 fully saturated rings. The Hall–Kier alpha value is -2.15. The molecule has 3 N–H and O–H groups in total. The monoisotopic (exact) mass is 349 g/mol. The number of hydrogen-bond donors (Lipinski definition) is 3. The number of carboxylic acid groups (broad SMARTS) is 1. The molecule has 0 amide bonds. The van der Waals surface area contributed by atoms with E-state index in [4.69, 9.17) is 22.1 Å². The van der Waals surface area contributed by atoms with Crippen molar-refractivity contribution in [3.63, 3.8) is 0 Å². The highest BCUT2D eigenvalue weighted by Gasteiger charge is 2.21. The minimum Gasteiger partial charge on any atom is -0.481 e. The summed E-state index contributed by atoms with van der Waals surface area (Å²) in [6.45, 7) is 1.84.